The van der Waals surface area contributed by atoms with Gasteiger partial charge >= 0.3 is 0 Å². The normalized spacial score (nSPS) is 28.7. The van der Waals surface area contributed by atoms with Gasteiger partial charge in [-0.1, -0.05) is 11.2 Å². The van der Waals surface area contributed by atoms with Crippen molar-refractivity contribution < 1.29 is 9.26 Å². The summed E-state index contributed by atoms with van der Waals surface area (Å²) in [4.78, 5) is 10.9. The molecule has 2 aromatic rings. The third kappa shape index (κ3) is 2.76. The van der Waals surface area contributed by atoms with Gasteiger partial charge in [0.25, 0.3) is 5.89 Å². The zero-order chi connectivity index (χ0) is 14.9. The van der Waals surface area contributed by atoms with Crippen LogP contribution in [0.25, 0.3) is 0 Å². The third-order valence-corrected chi connectivity index (χ3v) is 4.58. The molecule has 2 aromatic heterocycles. The Labute approximate surface area is 129 Å². The molecule has 4 rings (SSSR count). The molecule has 2 aliphatic rings. The van der Waals surface area contributed by atoms with Crippen molar-refractivity contribution in [3.63, 3.8) is 0 Å². The largest absolute Gasteiger partial charge is 0.364 e. The van der Waals surface area contributed by atoms with Gasteiger partial charge in [0.2, 0.25) is 0 Å². The van der Waals surface area contributed by atoms with Gasteiger partial charge in [-0.05, 0) is 43.9 Å². The average molecular weight is 300 g/mol. The smallest absolute Gasteiger partial charge is 0.255 e. The Hall–Kier alpha value is -1.79. The van der Waals surface area contributed by atoms with Crippen LogP contribution in [0.3, 0.4) is 0 Å². The lowest BCUT2D eigenvalue weighted by Gasteiger charge is -2.33. The summed E-state index contributed by atoms with van der Waals surface area (Å²) in [6, 6.07) is 4.11. The first-order chi connectivity index (χ1) is 10.8. The van der Waals surface area contributed by atoms with Gasteiger partial charge in [-0.15, -0.1) is 0 Å². The summed E-state index contributed by atoms with van der Waals surface area (Å²) in [5.41, 5.74) is 1.25. The number of aromatic nitrogens is 3. The van der Waals surface area contributed by atoms with Crippen LogP contribution in [-0.4, -0.2) is 39.2 Å². The minimum atomic E-state index is -0.0328. The molecule has 2 fully saturated rings. The molecule has 0 spiro atoms. The fraction of sp³-hybridized carbons (Fsp3) is 0.562. The summed E-state index contributed by atoms with van der Waals surface area (Å²) in [5.74, 6) is 1.90. The molecule has 0 aromatic carbocycles. The molecule has 0 unspecified atom stereocenters. The lowest BCUT2D eigenvalue weighted by molar-refractivity contribution is -0.0190. The zero-order valence-corrected chi connectivity index (χ0v) is 12.7. The molecule has 0 bridgehead atoms. The number of likely N-dealkylation sites (tertiary alicyclic amines) is 1. The number of aryl methyl sites for hydroxylation is 1. The van der Waals surface area contributed by atoms with Crippen LogP contribution in [0, 0.1) is 12.8 Å². The number of hydrogen-bond acceptors (Lipinski definition) is 6. The summed E-state index contributed by atoms with van der Waals surface area (Å²) < 4.78 is 11.4. The fourth-order valence-corrected chi connectivity index (χ4v) is 3.49. The van der Waals surface area contributed by atoms with Crippen LogP contribution >= 0.6 is 0 Å². The Morgan fingerprint density at radius 2 is 2.36 bits per heavy atom. The Balaban J connectivity index is 1.39. The molecule has 0 amide bonds. The van der Waals surface area contributed by atoms with E-state index < -0.39 is 0 Å². The second kappa shape index (κ2) is 5.78. The number of piperidine rings is 1. The van der Waals surface area contributed by atoms with Crippen LogP contribution in [-0.2, 0) is 11.3 Å². The van der Waals surface area contributed by atoms with Crippen LogP contribution in [0.1, 0.15) is 36.2 Å². The molecule has 22 heavy (non-hydrogen) atoms. The zero-order valence-electron chi connectivity index (χ0n) is 12.7. The van der Waals surface area contributed by atoms with E-state index in [-0.39, 0.29) is 12.2 Å². The minimum absolute atomic E-state index is 0.0328. The maximum Gasteiger partial charge on any atom is 0.255 e. The van der Waals surface area contributed by atoms with E-state index in [1.807, 2.05) is 25.4 Å². The van der Waals surface area contributed by atoms with Gasteiger partial charge in [0.05, 0.1) is 6.10 Å². The highest BCUT2D eigenvalue weighted by Gasteiger charge is 2.41. The van der Waals surface area contributed by atoms with E-state index in [1.165, 1.54) is 5.56 Å². The first-order valence-electron chi connectivity index (χ1n) is 7.85. The van der Waals surface area contributed by atoms with E-state index in [9.17, 15) is 0 Å². The van der Waals surface area contributed by atoms with Crippen molar-refractivity contribution in [2.75, 3.05) is 13.1 Å². The van der Waals surface area contributed by atoms with Gasteiger partial charge < -0.3 is 9.26 Å². The molecule has 0 aliphatic carbocycles. The molecule has 0 saturated carbocycles. The van der Waals surface area contributed by atoms with Crippen molar-refractivity contribution in [2.45, 2.75) is 38.5 Å². The first-order valence-corrected chi connectivity index (χ1v) is 7.85. The summed E-state index contributed by atoms with van der Waals surface area (Å²) in [5, 5.41) is 3.87. The Bertz CT molecular complexity index is 630. The van der Waals surface area contributed by atoms with Crippen molar-refractivity contribution in [2.24, 2.45) is 5.92 Å². The number of rotatable bonds is 3. The Morgan fingerprint density at radius 3 is 3.14 bits per heavy atom. The fourth-order valence-electron chi connectivity index (χ4n) is 3.49. The molecular weight excluding hydrogens is 280 g/mol. The molecule has 4 heterocycles. The van der Waals surface area contributed by atoms with E-state index in [1.54, 1.807) is 0 Å². The third-order valence-electron chi connectivity index (χ3n) is 4.58. The molecule has 6 heteroatoms. The number of nitrogens with zero attached hydrogens (tertiary/aromatic N) is 4. The summed E-state index contributed by atoms with van der Waals surface area (Å²) in [6.45, 7) is 4.84. The van der Waals surface area contributed by atoms with E-state index in [2.05, 4.69) is 26.1 Å². The Kier molecular flexibility index (Phi) is 3.63. The lowest BCUT2D eigenvalue weighted by atomic mass is 9.91. The average Bonchev–Trinajstić information content (AvgIpc) is 3.14. The van der Waals surface area contributed by atoms with E-state index in [0.29, 0.717) is 17.6 Å². The molecule has 2 saturated heterocycles. The molecule has 116 valence electrons. The second-order valence-electron chi connectivity index (χ2n) is 6.22. The van der Waals surface area contributed by atoms with E-state index in [4.69, 9.17) is 9.26 Å². The van der Waals surface area contributed by atoms with Crippen LogP contribution in [0.2, 0.25) is 0 Å². The molecule has 2 aliphatic heterocycles. The van der Waals surface area contributed by atoms with Crippen LogP contribution in [0.5, 0.6) is 0 Å². The quantitative estimate of drug-likeness (QED) is 0.865. The maximum atomic E-state index is 6.18. The topological polar surface area (TPSA) is 64.3 Å². The Morgan fingerprint density at radius 1 is 1.41 bits per heavy atom. The van der Waals surface area contributed by atoms with Gasteiger partial charge in [0.1, 0.15) is 6.10 Å². The summed E-state index contributed by atoms with van der Waals surface area (Å²) >= 11 is 0. The highest BCUT2D eigenvalue weighted by atomic mass is 16.5. The van der Waals surface area contributed by atoms with Gasteiger partial charge in [-0.2, -0.15) is 4.98 Å². The molecule has 6 nitrogen and oxygen atoms in total. The van der Waals surface area contributed by atoms with Crippen molar-refractivity contribution in [3.05, 3.63) is 41.8 Å². The van der Waals surface area contributed by atoms with Crippen molar-refractivity contribution in [1.29, 1.82) is 0 Å². The summed E-state index contributed by atoms with van der Waals surface area (Å²) in [7, 11) is 0. The number of hydrogen-bond donors (Lipinski definition) is 0. The molecule has 0 radical (unpaired) electrons. The van der Waals surface area contributed by atoms with Gasteiger partial charge in [0.15, 0.2) is 5.82 Å². The van der Waals surface area contributed by atoms with E-state index in [0.717, 1.165) is 32.5 Å². The number of pyridine rings is 1. The summed E-state index contributed by atoms with van der Waals surface area (Å²) in [6.07, 6.45) is 6.14. The number of ether oxygens (including phenoxy) is 1. The monoisotopic (exact) mass is 300 g/mol. The SMILES string of the molecule is Cc1noc([C@@H]2C[C@@H]3CCN(Cc4cccnc4)C[C@H]3O2)n1. The molecular formula is C16H20N4O2. The standard InChI is InChI=1S/C16H20N4O2/c1-11-18-16(22-19-11)14-7-13-4-6-20(10-15(13)21-14)9-12-3-2-5-17-8-12/h2-3,5,8,13-15H,4,6-7,9-10H2,1H3/t13-,14-,15+/m0/s1. The molecule has 0 N–H and O–H groups in total. The predicted molar refractivity (Wildman–Crippen MR) is 78.9 cm³/mol. The molecule has 3 atom stereocenters. The second-order valence-corrected chi connectivity index (χ2v) is 6.22. The minimum Gasteiger partial charge on any atom is -0.364 e. The van der Waals surface area contributed by atoms with Crippen LogP contribution < -0.4 is 0 Å². The van der Waals surface area contributed by atoms with Gasteiger partial charge in [-0.25, -0.2) is 0 Å². The van der Waals surface area contributed by atoms with Crippen molar-refractivity contribution in [1.82, 2.24) is 20.0 Å². The van der Waals surface area contributed by atoms with Crippen molar-refractivity contribution >= 4 is 0 Å². The number of fused-ring (bicyclic) bond motifs is 1. The highest BCUT2D eigenvalue weighted by Crippen LogP contribution is 2.40. The van der Waals surface area contributed by atoms with Gasteiger partial charge in [0, 0.05) is 25.5 Å². The highest BCUT2D eigenvalue weighted by molar-refractivity contribution is 5.08. The lowest BCUT2D eigenvalue weighted by Crippen LogP contribution is -2.41. The predicted octanol–water partition coefficient (Wildman–Crippen LogP) is 2.13. The van der Waals surface area contributed by atoms with E-state index >= 15 is 0 Å². The first kappa shape index (κ1) is 13.8. The van der Waals surface area contributed by atoms with Crippen LogP contribution in [0.15, 0.2) is 29.0 Å². The van der Waals surface area contributed by atoms with Gasteiger partial charge in [-0.3, -0.25) is 9.88 Å². The van der Waals surface area contributed by atoms with Crippen molar-refractivity contribution in [3.8, 4) is 0 Å². The van der Waals surface area contributed by atoms with Crippen LogP contribution in [0.4, 0.5) is 0 Å². The maximum absolute atomic E-state index is 6.18.